The summed E-state index contributed by atoms with van der Waals surface area (Å²) in [7, 11) is 0. The van der Waals surface area contributed by atoms with Crippen LogP contribution in [0.1, 0.15) is 21.6 Å². The maximum atomic E-state index is 13.1. The first-order chi connectivity index (χ1) is 15.6. The van der Waals surface area contributed by atoms with E-state index in [0.717, 1.165) is 39.7 Å². The third kappa shape index (κ3) is 4.00. The number of aryl methyl sites for hydroxylation is 1. The minimum absolute atomic E-state index is 0.00889. The van der Waals surface area contributed by atoms with E-state index in [1.807, 2.05) is 67.6 Å². The maximum absolute atomic E-state index is 13.1. The zero-order valence-electron chi connectivity index (χ0n) is 17.3. The number of nitrogens with zero attached hydrogens (tertiary/aromatic N) is 3. The molecule has 0 fully saturated rings. The van der Waals surface area contributed by atoms with Crippen molar-refractivity contribution in [3.8, 4) is 0 Å². The largest absolute Gasteiger partial charge is 0.355 e. The Kier molecular flexibility index (Phi) is 5.21. The van der Waals surface area contributed by atoms with E-state index in [0.29, 0.717) is 17.1 Å². The van der Waals surface area contributed by atoms with Crippen molar-refractivity contribution >= 4 is 45.9 Å². The van der Waals surface area contributed by atoms with Gasteiger partial charge in [-0.2, -0.15) is 0 Å². The predicted molar refractivity (Wildman–Crippen MR) is 128 cm³/mol. The Morgan fingerprint density at radius 1 is 0.938 bits per heavy atom. The topological polar surface area (TPSA) is 70.2 Å². The fraction of sp³-hybridized carbons (Fsp3) is 0.0800. The number of benzene rings is 2. The van der Waals surface area contributed by atoms with E-state index in [2.05, 4.69) is 20.6 Å². The molecule has 2 aromatic heterocycles. The summed E-state index contributed by atoms with van der Waals surface area (Å²) in [6, 6.07) is 19.3. The van der Waals surface area contributed by atoms with Gasteiger partial charge in [-0.1, -0.05) is 17.7 Å². The Morgan fingerprint density at radius 2 is 1.75 bits per heavy atom. The van der Waals surface area contributed by atoms with Crippen LogP contribution in [0.3, 0.4) is 0 Å². The van der Waals surface area contributed by atoms with E-state index in [9.17, 15) is 4.79 Å². The Hall–Kier alpha value is -3.90. The molecule has 0 bridgehead atoms. The van der Waals surface area contributed by atoms with E-state index >= 15 is 0 Å². The molecule has 0 saturated carbocycles. The van der Waals surface area contributed by atoms with Crippen molar-refractivity contribution in [2.45, 2.75) is 13.5 Å². The second-order valence-electron chi connectivity index (χ2n) is 7.60. The molecule has 0 radical (unpaired) electrons. The quantitative estimate of drug-likeness (QED) is 0.392. The van der Waals surface area contributed by atoms with Crippen LogP contribution in [-0.2, 0) is 6.54 Å². The number of hydrogen-bond donors (Lipinski definition) is 2. The molecule has 6 nitrogen and oxygen atoms in total. The molecule has 1 aliphatic heterocycles. The van der Waals surface area contributed by atoms with Crippen molar-refractivity contribution in [2.75, 3.05) is 15.5 Å². The summed E-state index contributed by atoms with van der Waals surface area (Å²) >= 11 is 6.27. The van der Waals surface area contributed by atoms with Crippen molar-refractivity contribution in [3.63, 3.8) is 0 Å². The number of fused-ring (bicyclic) bond motifs is 1. The van der Waals surface area contributed by atoms with Crippen LogP contribution >= 0.6 is 11.6 Å². The first kappa shape index (κ1) is 20.0. The third-order valence-corrected chi connectivity index (χ3v) is 5.61. The lowest BCUT2D eigenvalue weighted by molar-refractivity contribution is 0.0996. The zero-order valence-corrected chi connectivity index (χ0v) is 18.1. The number of carbonyl (C=O) groups excluding carboxylic acids is 1. The number of nitrogens with one attached hydrogen (secondary N) is 2. The average Bonchev–Trinajstić information content (AvgIpc) is 3.13. The maximum Gasteiger partial charge on any atom is 0.258 e. The monoisotopic (exact) mass is 441 g/mol. The lowest BCUT2D eigenvalue weighted by Gasteiger charge is -2.17. The van der Waals surface area contributed by atoms with Crippen LogP contribution in [0.5, 0.6) is 0 Å². The number of aromatic nitrogens is 2. The standard InChI is InChI=1S/C25H20ClN5O/c1-16-11-24(23(26)14-28-16)30-20-5-6-22-17(12-20)15-31(25(22)32)21-4-2-3-19(13-21)29-18-7-9-27-10-8-18/h2-14H,15H2,1H3,(H,27,29)(H,28,30). The number of carbonyl (C=O) groups is 1. The summed E-state index contributed by atoms with van der Waals surface area (Å²) in [5.41, 5.74) is 6.90. The highest BCUT2D eigenvalue weighted by Gasteiger charge is 2.28. The number of amides is 1. The Labute approximate surface area is 190 Å². The molecule has 0 aliphatic carbocycles. The lowest BCUT2D eigenvalue weighted by atomic mass is 10.1. The van der Waals surface area contributed by atoms with Crippen LogP contribution in [0, 0.1) is 6.92 Å². The van der Waals surface area contributed by atoms with E-state index in [-0.39, 0.29) is 5.91 Å². The van der Waals surface area contributed by atoms with Crippen molar-refractivity contribution in [3.05, 3.63) is 101 Å². The van der Waals surface area contributed by atoms with Crippen molar-refractivity contribution in [1.82, 2.24) is 9.97 Å². The molecule has 0 atom stereocenters. The summed E-state index contributed by atoms with van der Waals surface area (Å²) < 4.78 is 0. The molecule has 1 aliphatic rings. The second kappa shape index (κ2) is 8.32. The fourth-order valence-corrected chi connectivity index (χ4v) is 3.91. The molecule has 0 unspecified atom stereocenters. The SMILES string of the molecule is Cc1cc(Nc2ccc3c(c2)CN(c2cccc(Nc4ccncc4)c2)C3=O)c(Cl)cn1. The number of halogens is 1. The number of anilines is 5. The number of hydrogen-bond acceptors (Lipinski definition) is 5. The molecule has 32 heavy (non-hydrogen) atoms. The van der Waals surface area contributed by atoms with Gasteiger partial charge in [0.15, 0.2) is 0 Å². The van der Waals surface area contributed by atoms with Gasteiger partial charge in [-0.15, -0.1) is 0 Å². The summed E-state index contributed by atoms with van der Waals surface area (Å²) in [5.74, 6) is -0.00889. The van der Waals surface area contributed by atoms with Gasteiger partial charge >= 0.3 is 0 Å². The summed E-state index contributed by atoms with van der Waals surface area (Å²) in [4.78, 5) is 23.1. The highest BCUT2D eigenvalue weighted by Crippen LogP contribution is 2.33. The van der Waals surface area contributed by atoms with Crippen LogP contribution in [0.4, 0.5) is 28.4 Å². The average molecular weight is 442 g/mol. The molecule has 158 valence electrons. The lowest BCUT2D eigenvalue weighted by Crippen LogP contribution is -2.22. The van der Waals surface area contributed by atoms with Crippen molar-refractivity contribution < 1.29 is 4.79 Å². The van der Waals surface area contributed by atoms with Crippen molar-refractivity contribution in [1.29, 1.82) is 0 Å². The van der Waals surface area contributed by atoms with Crippen LogP contribution in [0.2, 0.25) is 5.02 Å². The summed E-state index contributed by atoms with van der Waals surface area (Å²) in [6.07, 6.45) is 5.10. The first-order valence-electron chi connectivity index (χ1n) is 10.2. The van der Waals surface area contributed by atoms with E-state index < -0.39 is 0 Å². The van der Waals surface area contributed by atoms with Gasteiger partial charge in [-0.3, -0.25) is 14.8 Å². The Morgan fingerprint density at radius 3 is 2.59 bits per heavy atom. The molecule has 1 amide bonds. The van der Waals surface area contributed by atoms with Crippen LogP contribution < -0.4 is 15.5 Å². The van der Waals surface area contributed by atoms with E-state index in [4.69, 9.17) is 11.6 Å². The van der Waals surface area contributed by atoms with Gasteiger partial charge in [0, 0.05) is 52.6 Å². The summed E-state index contributed by atoms with van der Waals surface area (Å²) in [5, 5.41) is 7.22. The van der Waals surface area contributed by atoms with Crippen LogP contribution in [0.25, 0.3) is 0 Å². The van der Waals surface area contributed by atoms with Crippen LogP contribution in [-0.4, -0.2) is 15.9 Å². The smallest absolute Gasteiger partial charge is 0.258 e. The molecule has 5 rings (SSSR count). The number of pyridine rings is 2. The molecule has 0 saturated heterocycles. The summed E-state index contributed by atoms with van der Waals surface area (Å²) in [6.45, 7) is 2.42. The molecule has 4 aromatic rings. The highest BCUT2D eigenvalue weighted by atomic mass is 35.5. The molecule has 0 spiro atoms. The Bertz CT molecular complexity index is 1310. The van der Waals surface area contributed by atoms with Gasteiger partial charge in [-0.25, -0.2) is 0 Å². The molecule has 3 heterocycles. The minimum atomic E-state index is -0.00889. The first-order valence-corrected chi connectivity index (χ1v) is 10.6. The number of rotatable bonds is 5. The van der Waals surface area contributed by atoms with Gasteiger partial charge in [0.05, 0.1) is 17.3 Å². The zero-order chi connectivity index (χ0) is 22.1. The highest BCUT2D eigenvalue weighted by molar-refractivity contribution is 6.33. The van der Waals surface area contributed by atoms with Gasteiger partial charge < -0.3 is 15.5 Å². The Balaban J connectivity index is 1.37. The minimum Gasteiger partial charge on any atom is -0.355 e. The second-order valence-corrected chi connectivity index (χ2v) is 8.01. The molecule has 7 heteroatoms. The molecule has 2 N–H and O–H groups in total. The van der Waals surface area contributed by atoms with E-state index in [1.54, 1.807) is 23.5 Å². The normalized spacial score (nSPS) is 12.6. The molecule has 2 aromatic carbocycles. The van der Waals surface area contributed by atoms with Gasteiger partial charge in [0.1, 0.15) is 0 Å². The van der Waals surface area contributed by atoms with Crippen molar-refractivity contribution in [2.24, 2.45) is 0 Å². The predicted octanol–water partition coefficient (Wildman–Crippen LogP) is 6.09. The fourth-order valence-electron chi connectivity index (χ4n) is 3.75. The molecular weight excluding hydrogens is 422 g/mol. The van der Waals surface area contributed by atoms with Crippen LogP contribution in [0.15, 0.2) is 79.3 Å². The van der Waals surface area contributed by atoms with Gasteiger partial charge in [-0.05, 0) is 67.1 Å². The molecular formula is C25H20ClN5O. The van der Waals surface area contributed by atoms with Gasteiger partial charge in [0.2, 0.25) is 0 Å². The third-order valence-electron chi connectivity index (χ3n) is 5.31. The van der Waals surface area contributed by atoms with Gasteiger partial charge in [0.25, 0.3) is 5.91 Å². The van der Waals surface area contributed by atoms with E-state index in [1.165, 1.54) is 0 Å².